The zero-order valence-electron chi connectivity index (χ0n) is 16.1. The summed E-state index contributed by atoms with van der Waals surface area (Å²) in [5, 5.41) is 11.0. The van der Waals surface area contributed by atoms with Crippen molar-refractivity contribution in [3.8, 4) is 11.5 Å². The number of nitro groups is 1. The molecule has 0 N–H and O–H groups in total. The minimum atomic E-state index is -0.814. The van der Waals surface area contributed by atoms with Gasteiger partial charge in [0.05, 0.1) is 29.8 Å². The van der Waals surface area contributed by atoms with Gasteiger partial charge >= 0.3 is 11.9 Å². The average molecular weight is 403 g/mol. The van der Waals surface area contributed by atoms with E-state index in [-0.39, 0.29) is 24.3 Å². The molecule has 0 atom stereocenters. The van der Waals surface area contributed by atoms with Gasteiger partial charge in [0.1, 0.15) is 24.7 Å². The molecule has 2 aromatic rings. The Morgan fingerprint density at radius 3 is 1.97 bits per heavy atom. The van der Waals surface area contributed by atoms with Gasteiger partial charge in [-0.05, 0) is 36.8 Å². The van der Waals surface area contributed by atoms with Crippen LogP contribution in [0.3, 0.4) is 0 Å². The summed E-state index contributed by atoms with van der Waals surface area (Å²) < 4.78 is 20.6. The Hall–Kier alpha value is -3.62. The first-order valence-corrected chi connectivity index (χ1v) is 8.85. The van der Waals surface area contributed by atoms with Gasteiger partial charge in [-0.2, -0.15) is 0 Å². The SMILES string of the molecule is CCCOc1ccc(OCCOC(=O)c2cc(C(=O)OC)cc([N+](=O)[O-])c2)cc1. The standard InChI is InChI=1S/C20H21NO8/c1-3-8-27-17-4-6-18(7-5-17)28-9-10-29-20(23)15-11-14(19(22)26-2)12-16(13-15)21(24)25/h4-7,11-13H,3,8-10H2,1-2H3. The number of non-ortho nitro benzene ring substituents is 1. The molecule has 2 rings (SSSR count). The van der Waals surface area contributed by atoms with E-state index < -0.39 is 22.5 Å². The fourth-order valence-electron chi connectivity index (χ4n) is 2.30. The maximum atomic E-state index is 12.2. The predicted molar refractivity (Wildman–Crippen MR) is 102 cm³/mol. The molecule has 0 unspecified atom stereocenters. The van der Waals surface area contributed by atoms with Gasteiger partial charge in [-0.15, -0.1) is 0 Å². The zero-order chi connectivity index (χ0) is 21.2. The third-order valence-electron chi connectivity index (χ3n) is 3.67. The Morgan fingerprint density at radius 2 is 1.45 bits per heavy atom. The molecule has 0 saturated heterocycles. The molecule has 0 aliphatic heterocycles. The summed E-state index contributed by atoms with van der Waals surface area (Å²) in [6.45, 7) is 2.65. The average Bonchev–Trinajstić information content (AvgIpc) is 2.74. The van der Waals surface area contributed by atoms with Crippen LogP contribution in [0.25, 0.3) is 0 Å². The molecule has 0 aliphatic carbocycles. The van der Waals surface area contributed by atoms with Crippen molar-refractivity contribution in [3.05, 3.63) is 63.7 Å². The van der Waals surface area contributed by atoms with Crippen molar-refractivity contribution in [3.63, 3.8) is 0 Å². The van der Waals surface area contributed by atoms with Crippen LogP contribution in [-0.4, -0.2) is 43.8 Å². The molecular formula is C20H21NO8. The third kappa shape index (κ3) is 6.49. The minimum absolute atomic E-state index is 0.0802. The maximum absolute atomic E-state index is 12.2. The van der Waals surface area contributed by atoms with Gasteiger partial charge in [-0.25, -0.2) is 9.59 Å². The van der Waals surface area contributed by atoms with Crippen molar-refractivity contribution in [2.24, 2.45) is 0 Å². The normalized spacial score (nSPS) is 10.1. The molecule has 0 aliphatic rings. The van der Waals surface area contributed by atoms with E-state index in [9.17, 15) is 19.7 Å². The molecule has 154 valence electrons. The van der Waals surface area contributed by atoms with Crippen molar-refractivity contribution >= 4 is 17.6 Å². The van der Waals surface area contributed by atoms with E-state index in [4.69, 9.17) is 14.2 Å². The first-order valence-electron chi connectivity index (χ1n) is 8.85. The van der Waals surface area contributed by atoms with Crippen LogP contribution in [0.1, 0.15) is 34.1 Å². The molecule has 9 heteroatoms. The van der Waals surface area contributed by atoms with Crippen LogP contribution < -0.4 is 9.47 Å². The van der Waals surface area contributed by atoms with Crippen molar-refractivity contribution in [1.82, 2.24) is 0 Å². The molecule has 29 heavy (non-hydrogen) atoms. The summed E-state index contributed by atoms with van der Waals surface area (Å²) in [6.07, 6.45) is 0.912. The second-order valence-electron chi connectivity index (χ2n) is 5.82. The van der Waals surface area contributed by atoms with E-state index in [2.05, 4.69) is 4.74 Å². The molecule has 9 nitrogen and oxygen atoms in total. The van der Waals surface area contributed by atoms with Crippen molar-refractivity contribution in [2.75, 3.05) is 26.9 Å². The predicted octanol–water partition coefficient (Wildman–Crippen LogP) is 3.41. The fourth-order valence-corrected chi connectivity index (χ4v) is 2.30. The summed E-state index contributed by atoms with van der Waals surface area (Å²) in [4.78, 5) is 34.1. The second kappa shape index (κ2) is 10.6. The monoisotopic (exact) mass is 403 g/mol. The molecule has 0 bridgehead atoms. The topological polar surface area (TPSA) is 114 Å². The minimum Gasteiger partial charge on any atom is -0.494 e. The lowest BCUT2D eigenvalue weighted by molar-refractivity contribution is -0.384. The van der Waals surface area contributed by atoms with Crippen molar-refractivity contribution in [2.45, 2.75) is 13.3 Å². The fraction of sp³-hybridized carbons (Fsp3) is 0.300. The highest BCUT2D eigenvalue weighted by molar-refractivity contribution is 5.96. The highest BCUT2D eigenvalue weighted by Crippen LogP contribution is 2.20. The quantitative estimate of drug-likeness (QED) is 0.257. The summed E-state index contributed by atoms with van der Waals surface area (Å²) in [5.74, 6) is -0.297. The van der Waals surface area contributed by atoms with Gasteiger partial charge in [0, 0.05) is 12.1 Å². The number of carbonyl (C=O) groups excluding carboxylic acids is 2. The van der Waals surface area contributed by atoms with E-state index in [1.54, 1.807) is 24.3 Å². The Kier molecular flexibility index (Phi) is 7.96. The smallest absolute Gasteiger partial charge is 0.338 e. The molecule has 2 aromatic carbocycles. The molecule has 0 saturated carbocycles. The van der Waals surface area contributed by atoms with Crippen LogP contribution >= 0.6 is 0 Å². The number of esters is 2. The number of ether oxygens (including phenoxy) is 4. The molecule has 0 amide bonds. The number of hydrogen-bond donors (Lipinski definition) is 0. The number of rotatable bonds is 10. The highest BCUT2D eigenvalue weighted by atomic mass is 16.6. The van der Waals surface area contributed by atoms with Gasteiger partial charge in [0.25, 0.3) is 5.69 Å². The zero-order valence-corrected chi connectivity index (χ0v) is 16.1. The third-order valence-corrected chi connectivity index (χ3v) is 3.67. The van der Waals surface area contributed by atoms with Crippen LogP contribution in [-0.2, 0) is 9.47 Å². The highest BCUT2D eigenvalue weighted by Gasteiger charge is 2.19. The number of nitrogens with zero attached hydrogens (tertiary/aromatic N) is 1. The van der Waals surface area contributed by atoms with E-state index in [0.717, 1.165) is 31.4 Å². The van der Waals surface area contributed by atoms with E-state index >= 15 is 0 Å². The number of carbonyl (C=O) groups is 2. The Bertz CT molecular complexity index is 863. The van der Waals surface area contributed by atoms with Crippen LogP contribution in [0.5, 0.6) is 11.5 Å². The number of nitro benzene ring substituents is 1. The van der Waals surface area contributed by atoms with E-state index in [1.807, 2.05) is 6.92 Å². The molecule has 0 fully saturated rings. The van der Waals surface area contributed by atoms with Crippen molar-refractivity contribution < 1.29 is 33.5 Å². The number of methoxy groups -OCH3 is 1. The van der Waals surface area contributed by atoms with Crippen LogP contribution in [0, 0.1) is 10.1 Å². The summed E-state index contributed by atoms with van der Waals surface area (Å²) in [5.41, 5.74) is -0.659. The van der Waals surface area contributed by atoms with E-state index in [1.165, 1.54) is 6.07 Å². The molecule has 0 spiro atoms. The van der Waals surface area contributed by atoms with Crippen LogP contribution in [0.4, 0.5) is 5.69 Å². The molecule has 0 heterocycles. The Labute approximate surface area is 167 Å². The molecule has 0 radical (unpaired) electrons. The van der Waals surface area contributed by atoms with Crippen LogP contribution in [0.2, 0.25) is 0 Å². The summed E-state index contributed by atoms with van der Waals surface area (Å²) >= 11 is 0. The van der Waals surface area contributed by atoms with Gasteiger partial charge in [-0.3, -0.25) is 10.1 Å². The first-order chi connectivity index (χ1) is 13.9. The van der Waals surface area contributed by atoms with Gasteiger partial charge < -0.3 is 18.9 Å². The Morgan fingerprint density at radius 1 is 0.897 bits per heavy atom. The lowest BCUT2D eigenvalue weighted by Crippen LogP contribution is -2.13. The molecular weight excluding hydrogens is 382 g/mol. The van der Waals surface area contributed by atoms with E-state index in [0.29, 0.717) is 12.4 Å². The summed E-state index contributed by atoms with van der Waals surface area (Å²) in [6, 6.07) is 10.2. The van der Waals surface area contributed by atoms with Crippen LogP contribution in [0.15, 0.2) is 42.5 Å². The summed E-state index contributed by atoms with van der Waals surface area (Å²) in [7, 11) is 1.14. The largest absolute Gasteiger partial charge is 0.494 e. The van der Waals surface area contributed by atoms with Gasteiger partial charge in [-0.1, -0.05) is 6.92 Å². The molecule has 0 aromatic heterocycles. The first kappa shape index (κ1) is 21.7. The number of hydrogen-bond acceptors (Lipinski definition) is 8. The number of benzene rings is 2. The second-order valence-corrected chi connectivity index (χ2v) is 5.82. The lowest BCUT2D eigenvalue weighted by Gasteiger charge is -2.09. The Balaban J connectivity index is 1.91. The van der Waals surface area contributed by atoms with Gasteiger partial charge in [0.2, 0.25) is 0 Å². The van der Waals surface area contributed by atoms with Crippen molar-refractivity contribution in [1.29, 1.82) is 0 Å². The van der Waals surface area contributed by atoms with Gasteiger partial charge in [0.15, 0.2) is 0 Å². The maximum Gasteiger partial charge on any atom is 0.338 e. The lowest BCUT2D eigenvalue weighted by atomic mass is 10.1.